The van der Waals surface area contributed by atoms with Crippen LogP contribution in [0, 0.1) is 5.41 Å². The summed E-state index contributed by atoms with van der Waals surface area (Å²) in [6.45, 7) is 0. The zero-order valence-corrected chi connectivity index (χ0v) is 29.3. The minimum atomic E-state index is 0.110. The molecular weight excluding hydrogens is 675 g/mol. The molecule has 3 heterocycles. The summed E-state index contributed by atoms with van der Waals surface area (Å²) in [5.74, 6) is 0.110. The molecule has 2 N–H and O–H groups in total. The molecule has 0 amide bonds. The number of H-pyrrole nitrogens is 1. The smallest absolute Gasteiger partial charge is 0.229 e. The number of amidine groups is 1. The summed E-state index contributed by atoms with van der Waals surface area (Å²) in [5.41, 5.74) is 13.2. The highest BCUT2D eigenvalue weighted by Crippen LogP contribution is 2.49. The van der Waals surface area contributed by atoms with Crippen molar-refractivity contribution in [2.75, 3.05) is 0 Å². The lowest BCUT2D eigenvalue weighted by atomic mass is 9.93. The number of hydrogen-bond donors (Lipinski definition) is 2. The number of aromatic nitrogens is 3. The third-order valence-electron chi connectivity index (χ3n) is 11.2. The number of hydrogen-bond acceptors (Lipinski definition) is 3. The first-order chi connectivity index (χ1) is 27.2. The van der Waals surface area contributed by atoms with Gasteiger partial charge in [0, 0.05) is 38.1 Å². The number of fused-ring (bicyclic) bond motifs is 7. The largest absolute Gasteiger partial charge is 0.456 e. The molecule has 0 bridgehead atoms. The van der Waals surface area contributed by atoms with E-state index in [2.05, 4.69) is 113 Å². The quantitative estimate of drug-likeness (QED) is 0.142. The van der Waals surface area contributed by atoms with Gasteiger partial charge in [-0.2, -0.15) is 4.99 Å². The van der Waals surface area contributed by atoms with E-state index in [9.17, 15) is 5.41 Å². The summed E-state index contributed by atoms with van der Waals surface area (Å²) < 4.78 is 8.56. The Bertz CT molecular complexity index is 3530. The minimum Gasteiger partial charge on any atom is -0.456 e. The zero-order chi connectivity index (χ0) is 36.2. The first-order valence-electron chi connectivity index (χ1n) is 18.4. The molecule has 1 aliphatic carbocycles. The van der Waals surface area contributed by atoms with Crippen LogP contribution in [0.2, 0.25) is 0 Å². The van der Waals surface area contributed by atoms with Gasteiger partial charge in [0.05, 0.1) is 27.9 Å². The van der Waals surface area contributed by atoms with Crippen LogP contribution in [-0.2, 0) is 0 Å². The summed E-state index contributed by atoms with van der Waals surface area (Å²) in [6.07, 6.45) is 0. The molecule has 0 radical (unpaired) electrons. The molecule has 0 spiro atoms. The number of nitrogens with zero attached hydrogens (tertiary/aromatic N) is 3. The van der Waals surface area contributed by atoms with Crippen molar-refractivity contribution in [1.82, 2.24) is 14.5 Å². The maximum absolute atomic E-state index is 9.54. The molecular formula is C49H29N5O. The average molecular weight is 704 g/mol. The van der Waals surface area contributed by atoms with Crippen molar-refractivity contribution in [1.29, 1.82) is 5.41 Å². The predicted molar refractivity (Wildman–Crippen MR) is 224 cm³/mol. The molecule has 12 rings (SSSR count). The van der Waals surface area contributed by atoms with E-state index in [0.29, 0.717) is 11.2 Å². The Balaban J connectivity index is 1.06. The highest BCUT2D eigenvalue weighted by Gasteiger charge is 2.25. The third kappa shape index (κ3) is 4.27. The van der Waals surface area contributed by atoms with E-state index in [-0.39, 0.29) is 5.84 Å². The Hall–Kier alpha value is -7.57. The molecule has 8 aromatic carbocycles. The van der Waals surface area contributed by atoms with Gasteiger partial charge in [-0.25, -0.2) is 4.98 Å². The van der Waals surface area contributed by atoms with Gasteiger partial charge in [0.15, 0.2) is 5.84 Å². The van der Waals surface area contributed by atoms with Crippen molar-refractivity contribution in [2.45, 2.75) is 0 Å². The van der Waals surface area contributed by atoms with Crippen molar-refractivity contribution in [3.05, 3.63) is 175 Å². The molecule has 3 aromatic heterocycles. The lowest BCUT2D eigenvalue weighted by Crippen LogP contribution is -2.17. The molecule has 6 heteroatoms. The third-order valence-corrected chi connectivity index (χ3v) is 11.2. The van der Waals surface area contributed by atoms with Crippen LogP contribution in [0.1, 0.15) is 5.56 Å². The highest BCUT2D eigenvalue weighted by molar-refractivity contribution is 6.30. The topological polar surface area (TPSA) is 83.0 Å². The van der Waals surface area contributed by atoms with E-state index >= 15 is 0 Å². The van der Waals surface area contributed by atoms with Gasteiger partial charge in [0.2, 0.25) is 5.62 Å². The molecule has 0 unspecified atom stereocenters. The number of nitrogens with one attached hydrogen (secondary N) is 2. The van der Waals surface area contributed by atoms with Gasteiger partial charge in [-0.15, -0.1) is 0 Å². The molecule has 0 atom stereocenters. The molecule has 6 nitrogen and oxygen atoms in total. The van der Waals surface area contributed by atoms with Crippen molar-refractivity contribution >= 4 is 71.3 Å². The number of rotatable bonds is 3. The van der Waals surface area contributed by atoms with E-state index in [1.54, 1.807) is 0 Å². The molecule has 0 saturated heterocycles. The molecule has 0 fully saturated rings. The lowest BCUT2D eigenvalue weighted by molar-refractivity contribution is 0.669. The number of aromatic amines is 1. The number of benzene rings is 8. The van der Waals surface area contributed by atoms with Crippen molar-refractivity contribution in [3.63, 3.8) is 0 Å². The van der Waals surface area contributed by atoms with Gasteiger partial charge < -0.3 is 14.0 Å². The van der Waals surface area contributed by atoms with Crippen LogP contribution >= 0.6 is 0 Å². The second-order valence-electron chi connectivity index (χ2n) is 14.2. The van der Waals surface area contributed by atoms with E-state index in [4.69, 9.17) is 14.4 Å². The summed E-state index contributed by atoms with van der Waals surface area (Å²) >= 11 is 0. The van der Waals surface area contributed by atoms with Gasteiger partial charge in [-0.1, -0.05) is 115 Å². The first-order valence-corrected chi connectivity index (χ1v) is 18.4. The SMILES string of the molecule is N=C(N=c1nc(-c2ccc3c(c2)oc2ccccc23)c2ccccc2[nH]1)c1ccccc1-n1c2cccc3c2c2c4c(cccc4ccc21)-c1ccccc1-3. The van der Waals surface area contributed by atoms with Crippen molar-refractivity contribution < 1.29 is 4.42 Å². The minimum absolute atomic E-state index is 0.110. The summed E-state index contributed by atoms with van der Waals surface area (Å²) in [5, 5.41) is 17.5. The standard InChI is InChI=1S/C49H29N5O/c50-48(53-49-51-38-19-6-3-15-36(38)47(52-49)29-23-25-33-32-14-5-8-22-42(32)55-43(33)27-29)37-16-4-7-20-39(37)54-40-21-10-18-35-31-13-2-1-12-30(31)34-17-9-11-28-24-26-41(54)46(44(28)34)45(35)40/h1-27H,(H2,50,51,52,53). The van der Waals surface area contributed by atoms with E-state index in [1.807, 2.05) is 60.7 Å². The Morgan fingerprint density at radius 2 is 1.25 bits per heavy atom. The zero-order valence-electron chi connectivity index (χ0n) is 29.3. The number of furan rings is 1. The summed E-state index contributed by atoms with van der Waals surface area (Å²) in [6, 6.07) is 56.8. The lowest BCUT2D eigenvalue weighted by Gasteiger charge is -2.15. The molecule has 1 aliphatic rings. The monoisotopic (exact) mass is 703 g/mol. The summed E-state index contributed by atoms with van der Waals surface area (Å²) in [7, 11) is 0. The molecule has 0 saturated carbocycles. The molecule has 55 heavy (non-hydrogen) atoms. The summed E-state index contributed by atoms with van der Waals surface area (Å²) in [4.78, 5) is 13.4. The maximum atomic E-state index is 9.54. The molecule has 11 aromatic rings. The van der Waals surface area contributed by atoms with Crippen LogP contribution in [-0.4, -0.2) is 20.4 Å². The van der Waals surface area contributed by atoms with Crippen LogP contribution in [0.4, 0.5) is 0 Å². The van der Waals surface area contributed by atoms with Crippen LogP contribution in [0.3, 0.4) is 0 Å². The molecule has 256 valence electrons. The normalized spacial score (nSPS) is 12.5. The van der Waals surface area contributed by atoms with Gasteiger partial charge >= 0.3 is 0 Å². The number of para-hydroxylation sites is 3. The fourth-order valence-corrected chi connectivity index (χ4v) is 8.88. The van der Waals surface area contributed by atoms with Crippen molar-refractivity contribution in [3.8, 4) is 39.2 Å². The van der Waals surface area contributed by atoms with Crippen LogP contribution < -0.4 is 5.62 Å². The van der Waals surface area contributed by atoms with Gasteiger partial charge in [0.1, 0.15) is 11.2 Å². The first kappa shape index (κ1) is 29.9. The van der Waals surface area contributed by atoms with Gasteiger partial charge in [-0.05, 0) is 81.6 Å². The Morgan fingerprint density at radius 3 is 2.15 bits per heavy atom. The second-order valence-corrected chi connectivity index (χ2v) is 14.2. The molecule has 0 aliphatic heterocycles. The van der Waals surface area contributed by atoms with Gasteiger partial charge in [0.25, 0.3) is 0 Å². The van der Waals surface area contributed by atoms with E-state index in [1.165, 1.54) is 43.8 Å². The van der Waals surface area contributed by atoms with Gasteiger partial charge in [-0.3, -0.25) is 5.41 Å². The van der Waals surface area contributed by atoms with Crippen LogP contribution in [0.15, 0.2) is 173 Å². The van der Waals surface area contributed by atoms with Crippen LogP contribution in [0.5, 0.6) is 0 Å². The van der Waals surface area contributed by atoms with E-state index < -0.39 is 0 Å². The van der Waals surface area contributed by atoms with Crippen molar-refractivity contribution in [2.24, 2.45) is 4.99 Å². The second kappa shape index (κ2) is 11.2. The average Bonchev–Trinajstić information content (AvgIpc) is 3.74. The Labute approximate surface area is 313 Å². The fraction of sp³-hybridized carbons (Fsp3) is 0. The van der Waals surface area contributed by atoms with Crippen LogP contribution in [0.25, 0.3) is 105 Å². The predicted octanol–water partition coefficient (Wildman–Crippen LogP) is 12.0. The highest BCUT2D eigenvalue weighted by atomic mass is 16.3. The Morgan fingerprint density at radius 1 is 0.564 bits per heavy atom. The fourth-order valence-electron chi connectivity index (χ4n) is 8.88. The maximum Gasteiger partial charge on any atom is 0.229 e. The Kier molecular flexibility index (Phi) is 6.11. The van der Waals surface area contributed by atoms with E-state index in [0.717, 1.165) is 60.8 Å².